The number of nitrogens with one attached hydrogen (secondary N) is 1. The Morgan fingerprint density at radius 1 is 1.53 bits per heavy atom. The van der Waals surface area contributed by atoms with Gasteiger partial charge in [-0.1, -0.05) is 0 Å². The highest BCUT2D eigenvalue weighted by Gasteiger charge is 2.28. The fraction of sp³-hybridized carbons (Fsp3) is 0.500. The standard InChI is InChI=1S/C10H14N4O/c1-7-5-11-6-9(12-7)13-8-3-4-14(2)10(8)15/h5-6,8H,3-4H2,1-2H3,(H,12,13). The van der Waals surface area contributed by atoms with Crippen LogP contribution in [0.5, 0.6) is 0 Å². The van der Waals surface area contributed by atoms with Crippen LogP contribution in [0.1, 0.15) is 12.1 Å². The number of likely N-dealkylation sites (N-methyl/N-ethyl adjacent to an activating group) is 1. The molecule has 1 fully saturated rings. The van der Waals surface area contributed by atoms with E-state index in [1.54, 1.807) is 17.3 Å². The zero-order valence-corrected chi connectivity index (χ0v) is 8.90. The molecule has 80 valence electrons. The third kappa shape index (κ3) is 2.06. The van der Waals surface area contributed by atoms with E-state index in [0.29, 0.717) is 5.82 Å². The number of amides is 1. The maximum absolute atomic E-state index is 11.6. The predicted molar refractivity (Wildman–Crippen MR) is 56.4 cm³/mol. The second kappa shape index (κ2) is 3.84. The van der Waals surface area contributed by atoms with Crippen LogP contribution in [-0.4, -0.2) is 40.4 Å². The van der Waals surface area contributed by atoms with Gasteiger partial charge in [0.25, 0.3) is 0 Å². The zero-order valence-electron chi connectivity index (χ0n) is 8.90. The minimum Gasteiger partial charge on any atom is -0.357 e. The molecule has 5 nitrogen and oxygen atoms in total. The van der Waals surface area contributed by atoms with Crippen LogP contribution >= 0.6 is 0 Å². The Kier molecular flexibility index (Phi) is 2.53. The minimum atomic E-state index is -0.147. The molecule has 0 aliphatic carbocycles. The van der Waals surface area contributed by atoms with Crippen molar-refractivity contribution in [2.24, 2.45) is 0 Å². The van der Waals surface area contributed by atoms with E-state index in [2.05, 4.69) is 15.3 Å². The first kappa shape index (κ1) is 9.89. The molecule has 5 heteroatoms. The average molecular weight is 206 g/mol. The summed E-state index contributed by atoms with van der Waals surface area (Å²) in [7, 11) is 1.81. The van der Waals surface area contributed by atoms with E-state index in [4.69, 9.17) is 0 Å². The number of anilines is 1. The summed E-state index contributed by atoms with van der Waals surface area (Å²) in [6.07, 6.45) is 4.15. The van der Waals surface area contributed by atoms with E-state index in [1.165, 1.54) is 0 Å². The number of aromatic nitrogens is 2. The lowest BCUT2D eigenvalue weighted by Crippen LogP contribution is -2.31. The van der Waals surface area contributed by atoms with Crippen LogP contribution in [0.25, 0.3) is 0 Å². The third-order valence-electron chi connectivity index (χ3n) is 2.50. The minimum absolute atomic E-state index is 0.123. The monoisotopic (exact) mass is 206 g/mol. The van der Waals surface area contributed by atoms with Crippen molar-refractivity contribution in [3.05, 3.63) is 18.1 Å². The maximum atomic E-state index is 11.6. The van der Waals surface area contributed by atoms with Gasteiger partial charge >= 0.3 is 0 Å². The van der Waals surface area contributed by atoms with Gasteiger partial charge in [0, 0.05) is 19.8 Å². The first-order valence-corrected chi connectivity index (χ1v) is 4.97. The Morgan fingerprint density at radius 2 is 2.33 bits per heavy atom. The number of carbonyl (C=O) groups is 1. The first-order valence-electron chi connectivity index (χ1n) is 4.97. The zero-order chi connectivity index (χ0) is 10.8. The highest BCUT2D eigenvalue weighted by molar-refractivity contribution is 5.86. The fourth-order valence-corrected chi connectivity index (χ4v) is 1.67. The smallest absolute Gasteiger partial charge is 0.244 e. The molecule has 0 spiro atoms. The second-order valence-electron chi connectivity index (χ2n) is 3.79. The molecule has 0 bridgehead atoms. The van der Waals surface area contributed by atoms with Gasteiger partial charge in [0.2, 0.25) is 5.91 Å². The third-order valence-corrected chi connectivity index (χ3v) is 2.50. The number of hydrogen-bond donors (Lipinski definition) is 1. The first-order chi connectivity index (χ1) is 7.16. The van der Waals surface area contributed by atoms with E-state index in [-0.39, 0.29) is 11.9 Å². The van der Waals surface area contributed by atoms with Crippen molar-refractivity contribution in [3.8, 4) is 0 Å². The van der Waals surface area contributed by atoms with Crippen LogP contribution in [-0.2, 0) is 4.79 Å². The molecule has 1 aromatic heterocycles. The lowest BCUT2D eigenvalue weighted by atomic mass is 10.2. The van der Waals surface area contributed by atoms with Gasteiger partial charge in [-0.05, 0) is 13.3 Å². The molecule has 1 saturated heterocycles. The number of hydrogen-bond acceptors (Lipinski definition) is 4. The van der Waals surface area contributed by atoms with Gasteiger partial charge in [0.1, 0.15) is 11.9 Å². The highest BCUT2D eigenvalue weighted by Crippen LogP contribution is 2.13. The predicted octanol–water partition coefficient (Wildman–Crippen LogP) is 0.428. The quantitative estimate of drug-likeness (QED) is 0.762. The Balaban J connectivity index is 2.06. The van der Waals surface area contributed by atoms with Gasteiger partial charge in [-0.3, -0.25) is 9.78 Å². The number of carbonyl (C=O) groups excluding carboxylic acids is 1. The number of aryl methyl sites for hydroxylation is 1. The molecule has 1 aliphatic heterocycles. The van der Waals surface area contributed by atoms with Gasteiger partial charge < -0.3 is 10.2 Å². The van der Waals surface area contributed by atoms with Gasteiger partial charge in [-0.15, -0.1) is 0 Å². The van der Waals surface area contributed by atoms with Gasteiger partial charge in [0.15, 0.2) is 0 Å². The molecule has 1 aromatic rings. The van der Waals surface area contributed by atoms with Crippen molar-refractivity contribution in [2.45, 2.75) is 19.4 Å². The van der Waals surface area contributed by atoms with Crippen molar-refractivity contribution in [1.29, 1.82) is 0 Å². The molecular weight excluding hydrogens is 192 g/mol. The van der Waals surface area contributed by atoms with Crippen molar-refractivity contribution >= 4 is 11.7 Å². The molecule has 15 heavy (non-hydrogen) atoms. The molecule has 1 unspecified atom stereocenters. The van der Waals surface area contributed by atoms with Crippen molar-refractivity contribution in [1.82, 2.24) is 14.9 Å². The van der Waals surface area contributed by atoms with Crippen LogP contribution in [0.15, 0.2) is 12.4 Å². The molecule has 2 heterocycles. The summed E-state index contributed by atoms with van der Waals surface area (Å²) in [5.41, 5.74) is 0.846. The maximum Gasteiger partial charge on any atom is 0.244 e. The van der Waals surface area contributed by atoms with Crippen molar-refractivity contribution in [3.63, 3.8) is 0 Å². The largest absolute Gasteiger partial charge is 0.357 e. The summed E-state index contributed by atoms with van der Waals surface area (Å²) in [5.74, 6) is 0.793. The SMILES string of the molecule is Cc1cncc(NC2CCN(C)C2=O)n1. The lowest BCUT2D eigenvalue weighted by Gasteiger charge is -2.12. The molecule has 1 aliphatic rings. The molecular formula is C10H14N4O. The molecule has 1 atom stereocenters. The van der Waals surface area contributed by atoms with Crippen LogP contribution in [0.3, 0.4) is 0 Å². The van der Waals surface area contributed by atoms with Gasteiger partial charge in [0.05, 0.1) is 11.9 Å². The van der Waals surface area contributed by atoms with E-state index >= 15 is 0 Å². The molecule has 0 saturated carbocycles. The highest BCUT2D eigenvalue weighted by atomic mass is 16.2. The van der Waals surface area contributed by atoms with E-state index < -0.39 is 0 Å². The second-order valence-corrected chi connectivity index (χ2v) is 3.79. The fourth-order valence-electron chi connectivity index (χ4n) is 1.67. The number of rotatable bonds is 2. The van der Waals surface area contributed by atoms with E-state index in [1.807, 2.05) is 14.0 Å². The molecule has 0 radical (unpaired) electrons. The van der Waals surface area contributed by atoms with E-state index in [9.17, 15) is 4.79 Å². The molecule has 1 amide bonds. The topological polar surface area (TPSA) is 58.1 Å². The van der Waals surface area contributed by atoms with Gasteiger partial charge in [-0.25, -0.2) is 4.98 Å². The normalized spacial score (nSPS) is 20.8. The molecule has 1 N–H and O–H groups in total. The van der Waals surface area contributed by atoms with Crippen LogP contribution in [0.4, 0.5) is 5.82 Å². The lowest BCUT2D eigenvalue weighted by molar-refractivity contribution is -0.127. The summed E-state index contributed by atoms with van der Waals surface area (Å²) >= 11 is 0. The average Bonchev–Trinajstić information content (AvgIpc) is 2.50. The molecule has 0 aromatic carbocycles. The van der Waals surface area contributed by atoms with Crippen molar-refractivity contribution < 1.29 is 4.79 Å². The number of likely N-dealkylation sites (tertiary alicyclic amines) is 1. The summed E-state index contributed by atoms with van der Waals surface area (Å²) in [4.78, 5) is 21.6. The van der Waals surface area contributed by atoms with Crippen LogP contribution in [0.2, 0.25) is 0 Å². The molecule has 2 rings (SSSR count). The van der Waals surface area contributed by atoms with Crippen LogP contribution in [0, 0.1) is 6.92 Å². The Morgan fingerprint density at radius 3 is 2.93 bits per heavy atom. The van der Waals surface area contributed by atoms with Crippen LogP contribution < -0.4 is 5.32 Å². The Hall–Kier alpha value is -1.65. The Bertz CT molecular complexity index is 379. The Labute approximate surface area is 88.5 Å². The summed E-state index contributed by atoms with van der Waals surface area (Å²) in [5, 5.41) is 3.10. The number of nitrogens with zero attached hydrogens (tertiary/aromatic N) is 3. The van der Waals surface area contributed by atoms with E-state index in [0.717, 1.165) is 18.7 Å². The summed E-state index contributed by atoms with van der Waals surface area (Å²) < 4.78 is 0. The summed E-state index contributed by atoms with van der Waals surface area (Å²) in [6, 6.07) is -0.147. The van der Waals surface area contributed by atoms with Crippen molar-refractivity contribution in [2.75, 3.05) is 18.9 Å². The summed E-state index contributed by atoms with van der Waals surface area (Å²) in [6.45, 7) is 2.68. The van der Waals surface area contributed by atoms with Gasteiger partial charge in [-0.2, -0.15) is 0 Å².